The van der Waals surface area contributed by atoms with Crippen molar-refractivity contribution in [3.05, 3.63) is 48.5 Å². The Hall–Kier alpha value is -1.12. The fourth-order valence-corrected chi connectivity index (χ4v) is 3.47. The zero-order chi connectivity index (χ0) is 11.8. The topological polar surface area (TPSA) is 0 Å². The molecule has 3 aromatic carbocycles. The van der Waals surface area contributed by atoms with Gasteiger partial charge in [0, 0.05) is 9.79 Å². The summed E-state index contributed by atoms with van der Waals surface area (Å²) in [5, 5.41) is 5.06. The molecule has 0 N–H and O–H groups in total. The molecule has 0 amide bonds. The summed E-state index contributed by atoms with van der Waals surface area (Å²) in [5.41, 5.74) is 0. The van der Waals surface area contributed by atoms with E-state index in [0.717, 1.165) is 4.90 Å². The van der Waals surface area contributed by atoms with E-state index in [1.54, 1.807) is 11.8 Å². The van der Waals surface area contributed by atoms with Crippen molar-refractivity contribution in [2.75, 3.05) is 6.26 Å². The van der Waals surface area contributed by atoms with Crippen molar-refractivity contribution in [2.45, 2.75) is 9.79 Å². The van der Waals surface area contributed by atoms with Crippen molar-refractivity contribution < 1.29 is 0 Å². The number of benzene rings is 3. The van der Waals surface area contributed by atoms with Crippen LogP contribution in [0.15, 0.2) is 58.3 Å². The van der Waals surface area contributed by atoms with E-state index >= 15 is 0 Å². The van der Waals surface area contributed by atoms with Gasteiger partial charge in [-0.05, 0) is 27.8 Å². The van der Waals surface area contributed by atoms with E-state index in [0.29, 0.717) is 0 Å². The van der Waals surface area contributed by atoms with E-state index in [4.69, 9.17) is 12.6 Å². The van der Waals surface area contributed by atoms with Crippen LogP contribution in [-0.2, 0) is 0 Å². The molecule has 0 unspecified atom stereocenters. The molecule has 0 saturated carbocycles. The molecule has 0 aliphatic carbocycles. The third kappa shape index (κ3) is 1.63. The largest absolute Gasteiger partial charge is 0.142 e. The lowest BCUT2D eigenvalue weighted by Crippen LogP contribution is -1.84. The Morgan fingerprint density at radius 1 is 0.765 bits per heavy atom. The monoisotopic (exact) mass is 256 g/mol. The molecule has 0 heterocycles. The Morgan fingerprint density at radius 3 is 1.59 bits per heavy atom. The van der Waals surface area contributed by atoms with E-state index in [1.165, 1.54) is 26.4 Å². The molecule has 0 aliphatic heterocycles. The van der Waals surface area contributed by atoms with Crippen LogP contribution in [0.2, 0.25) is 0 Å². The Morgan fingerprint density at radius 2 is 1.18 bits per heavy atom. The Bertz CT molecular complexity index is 645. The summed E-state index contributed by atoms with van der Waals surface area (Å²) >= 11 is 6.50. The smallest absolute Gasteiger partial charge is 0.0227 e. The highest BCUT2D eigenvalue weighted by Crippen LogP contribution is 2.39. The maximum absolute atomic E-state index is 4.69. The molecule has 17 heavy (non-hydrogen) atoms. The quantitative estimate of drug-likeness (QED) is 0.363. The van der Waals surface area contributed by atoms with Gasteiger partial charge in [0.2, 0.25) is 0 Å². The number of fused-ring (bicyclic) bond motifs is 2. The van der Waals surface area contributed by atoms with Crippen molar-refractivity contribution in [1.29, 1.82) is 0 Å². The number of rotatable bonds is 1. The Labute approximate surface area is 110 Å². The molecule has 0 saturated heterocycles. The first-order valence-electron chi connectivity index (χ1n) is 5.49. The van der Waals surface area contributed by atoms with Gasteiger partial charge < -0.3 is 0 Å². The van der Waals surface area contributed by atoms with E-state index in [1.807, 2.05) is 0 Å². The van der Waals surface area contributed by atoms with Crippen LogP contribution in [0.1, 0.15) is 0 Å². The molecular formula is C15H12S2. The highest BCUT2D eigenvalue weighted by Gasteiger charge is 2.09. The zero-order valence-electron chi connectivity index (χ0n) is 9.47. The molecule has 3 rings (SSSR count). The summed E-state index contributed by atoms with van der Waals surface area (Å²) in [6.45, 7) is 0. The molecule has 2 heteroatoms. The van der Waals surface area contributed by atoms with Gasteiger partial charge in [-0.1, -0.05) is 48.5 Å². The van der Waals surface area contributed by atoms with Crippen LogP contribution in [0.5, 0.6) is 0 Å². The van der Waals surface area contributed by atoms with Crippen molar-refractivity contribution >= 4 is 45.9 Å². The van der Waals surface area contributed by atoms with Gasteiger partial charge in [0.05, 0.1) is 0 Å². The predicted molar refractivity (Wildman–Crippen MR) is 80.5 cm³/mol. The van der Waals surface area contributed by atoms with Gasteiger partial charge in [0.1, 0.15) is 0 Å². The molecular weight excluding hydrogens is 244 g/mol. The van der Waals surface area contributed by atoms with Crippen LogP contribution in [0.25, 0.3) is 21.5 Å². The summed E-state index contributed by atoms with van der Waals surface area (Å²) in [6.07, 6.45) is 2.13. The third-order valence-corrected chi connectivity index (χ3v) is 4.39. The van der Waals surface area contributed by atoms with Crippen molar-refractivity contribution in [3.8, 4) is 0 Å². The molecule has 0 nitrogen and oxygen atoms in total. The molecule has 0 aliphatic rings. The molecule has 0 aromatic heterocycles. The first-order valence-corrected chi connectivity index (χ1v) is 7.16. The lowest BCUT2D eigenvalue weighted by molar-refractivity contribution is 1.54. The summed E-state index contributed by atoms with van der Waals surface area (Å²) < 4.78 is 0. The maximum Gasteiger partial charge on any atom is 0.0227 e. The average molecular weight is 256 g/mol. The number of hydrogen-bond donors (Lipinski definition) is 1. The van der Waals surface area contributed by atoms with Crippen LogP contribution >= 0.6 is 24.4 Å². The van der Waals surface area contributed by atoms with Gasteiger partial charge in [0.15, 0.2) is 0 Å². The second kappa shape index (κ2) is 4.28. The Kier molecular flexibility index (Phi) is 2.77. The number of thiol groups is 1. The van der Waals surface area contributed by atoms with Crippen molar-refractivity contribution in [1.82, 2.24) is 0 Å². The highest BCUT2D eigenvalue weighted by molar-refractivity contribution is 7.99. The van der Waals surface area contributed by atoms with E-state index in [2.05, 4.69) is 54.8 Å². The van der Waals surface area contributed by atoms with Crippen molar-refractivity contribution in [3.63, 3.8) is 0 Å². The summed E-state index contributed by atoms with van der Waals surface area (Å²) in [7, 11) is 0. The normalized spacial score (nSPS) is 11.2. The first-order chi connectivity index (χ1) is 8.33. The van der Waals surface area contributed by atoms with Gasteiger partial charge in [0.25, 0.3) is 0 Å². The second-order valence-electron chi connectivity index (χ2n) is 3.97. The molecule has 0 fully saturated rings. The minimum Gasteiger partial charge on any atom is -0.142 e. The lowest BCUT2D eigenvalue weighted by Gasteiger charge is -2.12. The van der Waals surface area contributed by atoms with Gasteiger partial charge in [-0.2, -0.15) is 0 Å². The van der Waals surface area contributed by atoms with Crippen LogP contribution in [0, 0.1) is 0 Å². The molecule has 0 bridgehead atoms. The van der Waals surface area contributed by atoms with Gasteiger partial charge in [-0.3, -0.25) is 0 Å². The van der Waals surface area contributed by atoms with Gasteiger partial charge in [-0.25, -0.2) is 0 Å². The fourth-order valence-electron chi connectivity index (χ4n) is 2.29. The lowest BCUT2D eigenvalue weighted by atomic mass is 10.0. The molecule has 0 atom stereocenters. The maximum atomic E-state index is 4.69. The van der Waals surface area contributed by atoms with E-state index < -0.39 is 0 Å². The minimum absolute atomic E-state index is 1.08. The van der Waals surface area contributed by atoms with Crippen LogP contribution < -0.4 is 0 Å². The number of hydrogen-bond acceptors (Lipinski definition) is 2. The zero-order valence-corrected chi connectivity index (χ0v) is 11.2. The second-order valence-corrected chi connectivity index (χ2v) is 5.24. The number of thioether (sulfide) groups is 1. The van der Waals surface area contributed by atoms with Crippen LogP contribution in [0.3, 0.4) is 0 Å². The van der Waals surface area contributed by atoms with Crippen LogP contribution in [0.4, 0.5) is 0 Å². The van der Waals surface area contributed by atoms with Gasteiger partial charge >= 0.3 is 0 Å². The standard InChI is InChI=1S/C15H12S2/c1-17-15-12-8-4-2-6-10(12)14(16)11-7-3-5-9-13(11)15/h2-9,16H,1H3. The highest BCUT2D eigenvalue weighted by atomic mass is 32.2. The van der Waals surface area contributed by atoms with Gasteiger partial charge in [-0.15, -0.1) is 24.4 Å². The molecule has 0 radical (unpaired) electrons. The predicted octanol–water partition coefficient (Wildman–Crippen LogP) is 5.00. The van der Waals surface area contributed by atoms with E-state index in [9.17, 15) is 0 Å². The Balaban J connectivity index is 2.63. The summed E-state index contributed by atoms with van der Waals surface area (Å²) in [4.78, 5) is 2.42. The molecule has 0 spiro atoms. The first kappa shape index (κ1) is 11.0. The third-order valence-electron chi connectivity index (χ3n) is 3.06. The van der Waals surface area contributed by atoms with Crippen molar-refractivity contribution in [2.24, 2.45) is 0 Å². The summed E-state index contributed by atoms with van der Waals surface area (Å²) in [5.74, 6) is 0. The minimum atomic E-state index is 1.08. The molecule has 3 aromatic rings. The average Bonchev–Trinajstić information content (AvgIpc) is 2.40. The van der Waals surface area contributed by atoms with Crippen LogP contribution in [-0.4, -0.2) is 6.26 Å². The SMILES string of the molecule is CSc1c2ccccc2c(S)c2ccccc12. The summed E-state index contributed by atoms with van der Waals surface area (Å²) in [6, 6.07) is 16.9. The molecule has 84 valence electrons. The van der Waals surface area contributed by atoms with E-state index in [-0.39, 0.29) is 0 Å². The fraction of sp³-hybridized carbons (Fsp3) is 0.0667.